The molecule has 0 radical (unpaired) electrons. The molecule has 0 aliphatic rings. The molecule has 4 heteroatoms. The number of nitrogens with two attached hydrogens (primary N) is 1. The second kappa shape index (κ2) is 6.27. The van der Waals surface area contributed by atoms with Crippen LogP contribution in [0.4, 0.5) is 0 Å². The molecule has 110 valence electrons. The fourth-order valence-corrected chi connectivity index (χ4v) is 2.61. The van der Waals surface area contributed by atoms with Crippen molar-refractivity contribution in [1.29, 1.82) is 0 Å². The summed E-state index contributed by atoms with van der Waals surface area (Å²) < 4.78 is 7.53. The lowest BCUT2D eigenvalue weighted by Gasteiger charge is -2.16. The maximum atomic E-state index is 6.35. The Hall–Kier alpha value is -1.55. The Morgan fingerprint density at radius 3 is 2.70 bits per heavy atom. The van der Waals surface area contributed by atoms with Gasteiger partial charge >= 0.3 is 0 Å². The van der Waals surface area contributed by atoms with E-state index in [1.807, 2.05) is 12.1 Å². The summed E-state index contributed by atoms with van der Waals surface area (Å²) in [4.78, 5) is 4.75. The molecule has 1 unspecified atom stereocenters. The molecule has 0 bridgehead atoms. The number of hydrogen-bond acceptors (Lipinski definition) is 3. The van der Waals surface area contributed by atoms with Gasteiger partial charge in [0.2, 0.25) is 0 Å². The smallest absolute Gasteiger partial charge is 0.126 e. The molecule has 2 aromatic rings. The van der Waals surface area contributed by atoms with Gasteiger partial charge < -0.3 is 15.0 Å². The van der Waals surface area contributed by atoms with Gasteiger partial charge in [0.15, 0.2) is 0 Å². The Balaban J connectivity index is 2.48. The molecule has 4 nitrogen and oxygen atoms in total. The number of ether oxygens (including phenoxy) is 1. The molecule has 2 rings (SSSR count). The van der Waals surface area contributed by atoms with Crippen LogP contribution in [-0.4, -0.2) is 16.7 Å². The standard InChI is InChI=1S/C16H25N3O/c1-5-8-19-15-7-6-12(20-4)10-14(15)18-16(19)13(17)9-11(2)3/h6-7,10-11,13H,5,8-9,17H2,1-4H3. The van der Waals surface area contributed by atoms with Gasteiger partial charge in [-0.2, -0.15) is 0 Å². The van der Waals surface area contributed by atoms with Crippen molar-refractivity contribution in [1.82, 2.24) is 9.55 Å². The van der Waals surface area contributed by atoms with Crippen molar-refractivity contribution in [2.24, 2.45) is 11.7 Å². The molecule has 1 aromatic carbocycles. The molecule has 0 aliphatic carbocycles. The van der Waals surface area contributed by atoms with E-state index in [2.05, 4.69) is 31.4 Å². The highest BCUT2D eigenvalue weighted by molar-refractivity contribution is 5.78. The van der Waals surface area contributed by atoms with Crippen molar-refractivity contribution in [3.05, 3.63) is 24.0 Å². The predicted molar refractivity (Wildman–Crippen MR) is 83.0 cm³/mol. The van der Waals surface area contributed by atoms with Crippen LogP contribution < -0.4 is 10.5 Å². The van der Waals surface area contributed by atoms with Crippen molar-refractivity contribution in [2.75, 3.05) is 7.11 Å². The summed E-state index contributed by atoms with van der Waals surface area (Å²) in [5.74, 6) is 2.39. The van der Waals surface area contributed by atoms with E-state index in [1.165, 1.54) is 0 Å². The van der Waals surface area contributed by atoms with Crippen LogP contribution in [0.5, 0.6) is 5.75 Å². The second-order valence-electron chi connectivity index (χ2n) is 5.71. The highest BCUT2D eigenvalue weighted by Gasteiger charge is 2.18. The van der Waals surface area contributed by atoms with E-state index in [9.17, 15) is 0 Å². The zero-order valence-corrected chi connectivity index (χ0v) is 12.9. The molecule has 0 amide bonds. The summed E-state index contributed by atoms with van der Waals surface area (Å²) in [5.41, 5.74) is 8.45. The third kappa shape index (κ3) is 2.96. The molecule has 0 aliphatic heterocycles. The fraction of sp³-hybridized carbons (Fsp3) is 0.562. The molecule has 0 spiro atoms. The molecular weight excluding hydrogens is 250 g/mol. The molecule has 0 saturated carbocycles. The first kappa shape index (κ1) is 14.9. The minimum Gasteiger partial charge on any atom is -0.497 e. The van der Waals surface area contributed by atoms with E-state index < -0.39 is 0 Å². The van der Waals surface area contributed by atoms with Gasteiger partial charge in [0.1, 0.15) is 11.6 Å². The Morgan fingerprint density at radius 2 is 2.10 bits per heavy atom. The fourth-order valence-electron chi connectivity index (χ4n) is 2.61. The topological polar surface area (TPSA) is 53.1 Å². The number of hydrogen-bond donors (Lipinski definition) is 1. The summed E-state index contributed by atoms with van der Waals surface area (Å²) in [6, 6.07) is 6.02. The van der Waals surface area contributed by atoms with Crippen LogP contribution in [0.1, 0.15) is 45.5 Å². The minimum atomic E-state index is -0.0139. The van der Waals surface area contributed by atoms with Gasteiger partial charge in [-0.25, -0.2) is 4.98 Å². The average molecular weight is 275 g/mol. The summed E-state index contributed by atoms with van der Waals surface area (Å²) >= 11 is 0. The van der Waals surface area contributed by atoms with Gasteiger partial charge in [-0.1, -0.05) is 20.8 Å². The number of aromatic nitrogens is 2. The number of nitrogens with zero attached hydrogens (tertiary/aromatic N) is 2. The predicted octanol–water partition coefficient (Wildman–Crippen LogP) is 3.50. The van der Waals surface area contributed by atoms with Crippen molar-refractivity contribution in [3.8, 4) is 5.75 Å². The maximum Gasteiger partial charge on any atom is 0.126 e. The lowest BCUT2D eigenvalue weighted by atomic mass is 10.0. The molecule has 1 aromatic heterocycles. The minimum absolute atomic E-state index is 0.0139. The maximum absolute atomic E-state index is 6.35. The lowest BCUT2D eigenvalue weighted by molar-refractivity contribution is 0.415. The monoisotopic (exact) mass is 275 g/mol. The molecule has 0 fully saturated rings. The molecule has 0 saturated heterocycles. The third-order valence-corrected chi connectivity index (χ3v) is 3.49. The van der Waals surface area contributed by atoms with Gasteiger partial charge in [-0.05, 0) is 30.9 Å². The molecular formula is C16H25N3O. The SMILES string of the molecule is CCCn1c(C(N)CC(C)C)nc2cc(OC)ccc21. The van der Waals surface area contributed by atoms with Crippen LogP contribution in [0.3, 0.4) is 0 Å². The van der Waals surface area contributed by atoms with Crippen LogP contribution in [0, 0.1) is 5.92 Å². The van der Waals surface area contributed by atoms with Gasteiger partial charge in [0, 0.05) is 12.6 Å². The first-order valence-corrected chi connectivity index (χ1v) is 7.36. The van der Waals surface area contributed by atoms with Crippen molar-refractivity contribution in [3.63, 3.8) is 0 Å². The van der Waals surface area contributed by atoms with Crippen molar-refractivity contribution >= 4 is 11.0 Å². The molecule has 1 atom stereocenters. The first-order chi connectivity index (χ1) is 9.56. The quantitative estimate of drug-likeness (QED) is 0.877. The second-order valence-corrected chi connectivity index (χ2v) is 5.71. The van der Waals surface area contributed by atoms with E-state index in [1.54, 1.807) is 7.11 Å². The zero-order chi connectivity index (χ0) is 14.7. The largest absolute Gasteiger partial charge is 0.497 e. The van der Waals surface area contributed by atoms with Crippen molar-refractivity contribution in [2.45, 2.75) is 46.2 Å². The lowest BCUT2D eigenvalue weighted by Crippen LogP contribution is -2.18. The summed E-state index contributed by atoms with van der Waals surface area (Å²) in [7, 11) is 1.68. The summed E-state index contributed by atoms with van der Waals surface area (Å²) in [6.45, 7) is 7.50. The number of rotatable bonds is 6. The van der Waals surface area contributed by atoms with E-state index in [0.717, 1.165) is 42.0 Å². The molecule has 2 N–H and O–H groups in total. The van der Waals surface area contributed by atoms with Gasteiger partial charge in [-0.15, -0.1) is 0 Å². The zero-order valence-electron chi connectivity index (χ0n) is 12.9. The van der Waals surface area contributed by atoms with Crippen LogP contribution in [0.25, 0.3) is 11.0 Å². The van der Waals surface area contributed by atoms with Crippen molar-refractivity contribution < 1.29 is 4.74 Å². The Kier molecular flexibility index (Phi) is 4.65. The number of fused-ring (bicyclic) bond motifs is 1. The number of methoxy groups -OCH3 is 1. The van der Waals surface area contributed by atoms with Crippen LogP contribution in [-0.2, 0) is 6.54 Å². The van der Waals surface area contributed by atoms with Crippen LogP contribution in [0.15, 0.2) is 18.2 Å². The Morgan fingerprint density at radius 1 is 1.35 bits per heavy atom. The molecule has 20 heavy (non-hydrogen) atoms. The van der Waals surface area contributed by atoms with Gasteiger partial charge in [0.25, 0.3) is 0 Å². The highest BCUT2D eigenvalue weighted by Crippen LogP contribution is 2.26. The van der Waals surface area contributed by atoms with E-state index in [4.69, 9.17) is 15.5 Å². The summed E-state index contributed by atoms with van der Waals surface area (Å²) in [6.07, 6.45) is 2.02. The van der Waals surface area contributed by atoms with Gasteiger partial charge in [0.05, 0.1) is 24.2 Å². The highest BCUT2D eigenvalue weighted by atomic mass is 16.5. The van der Waals surface area contributed by atoms with E-state index in [0.29, 0.717) is 5.92 Å². The number of aryl methyl sites for hydroxylation is 1. The Bertz CT molecular complexity index is 574. The first-order valence-electron chi connectivity index (χ1n) is 7.36. The summed E-state index contributed by atoms with van der Waals surface area (Å²) in [5, 5.41) is 0. The van der Waals surface area contributed by atoms with Crippen LogP contribution in [0.2, 0.25) is 0 Å². The van der Waals surface area contributed by atoms with Crippen LogP contribution >= 0.6 is 0 Å². The number of benzene rings is 1. The Labute approximate surface area is 120 Å². The van der Waals surface area contributed by atoms with E-state index >= 15 is 0 Å². The van der Waals surface area contributed by atoms with Gasteiger partial charge in [-0.3, -0.25) is 0 Å². The normalized spacial score (nSPS) is 13.1. The third-order valence-electron chi connectivity index (χ3n) is 3.49. The average Bonchev–Trinajstić information content (AvgIpc) is 2.76. The molecule has 1 heterocycles. The number of imidazole rings is 1. The van der Waals surface area contributed by atoms with E-state index in [-0.39, 0.29) is 6.04 Å².